The van der Waals surface area contributed by atoms with Gasteiger partial charge < -0.3 is 4.90 Å². The zero-order chi connectivity index (χ0) is 13.8. The molecule has 3 nitrogen and oxygen atoms in total. The quantitative estimate of drug-likeness (QED) is 0.853. The van der Waals surface area contributed by atoms with E-state index in [1.807, 2.05) is 12.1 Å². The number of nitrogens with zero attached hydrogens (tertiary/aromatic N) is 2. The first-order valence-corrected chi connectivity index (χ1v) is 6.84. The predicted octanol–water partition coefficient (Wildman–Crippen LogP) is 3.77. The van der Waals surface area contributed by atoms with E-state index < -0.39 is 0 Å². The summed E-state index contributed by atoms with van der Waals surface area (Å²) in [6, 6.07) is 8.95. The number of aromatic nitrogens is 1. The average Bonchev–Trinajstić information content (AvgIpc) is 2.37. The van der Waals surface area contributed by atoms with Crippen LogP contribution in [-0.4, -0.2) is 22.8 Å². The molecular formula is C14H12BrClN2O. The van der Waals surface area contributed by atoms with Crippen molar-refractivity contribution in [2.75, 3.05) is 7.05 Å². The Morgan fingerprint density at radius 3 is 2.63 bits per heavy atom. The number of carbonyl (C=O) groups is 1. The van der Waals surface area contributed by atoms with Crippen molar-refractivity contribution in [1.82, 2.24) is 9.88 Å². The lowest BCUT2D eigenvalue weighted by Gasteiger charge is -2.17. The van der Waals surface area contributed by atoms with Crippen molar-refractivity contribution in [3.63, 3.8) is 0 Å². The molecule has 0 aliphatic rings. The number of carbonyl (C=O) groups excluding carboxylic acids is 1. The topological polar surface area (TPSA) is 33.2 Å². The Kier molecular flexibility index (Phi) is 4.56. The number of rotatable bonds is 3. The smallest absolute Gasteiger partial charge is 0.253 e. The van der Waals surface area contributed by atoms with Gasteiger partial charge in [0.25, 0.3) is 5.91 Å². The van der Waals surface area contributed by atoms with Crippen LogP contribution in [-0.2, 0) is 6.54 Å². The summed E-state index contributed by atoms with van der Waals surface area (Å²) in [5.74, 6) is -0.0694. The van der Waals surface area contributed by atoms with Crippen molar-refractivity contribution < 1.29 is 4.79 Å². The minimum absolute atomic E-state index is 0.0694. The Labute approximate surface area is 125 Å². The molecule has 1 heterocycles. The second-order valence-electron chi connectivity index (χ2n) is 4.17. The molecule has 0 bridgehead atoms. The fraction of sp³-hybridized carbons (Fsp3) is 0.143. The summed E-state index contributed by atoms with van der Waals surface area (Å²) in [5, 5.41) is 0.537. The van der Waals surface area contributed by atoms with Crippen molar-refractivity contribution in [3.05, 3.63) is 63.3 Å². The Morgan fingerprint density at radius 2 is 2.00 bits per heavy atom. The van der Waals surface area contributed by atoms with E-state index in [0.717, 1.165) is 10.0 Å². The summed E-state index contributed by atoms with van der Waals surface area (Å²) < 4.78 is 0.792. The van der Waals surface area contributed by atoms with Gasteiger partial charge in [0.05, 0.1) is 0 Å². The van der Waals surface area contributed by atoms with Crippen molar-refractivity contribution in [1.29, 1.82) is 0 Å². The van der Waals surface area contributed by atoms with E-state index in [1.165, 1.54) is 0 Å². The molecule has 0 aliphatic carbocycles. The van der Waals surface area contributed by atoms with Crippen molar-refractivity contribution in [2.45, 2.75) is 6.54 Å². The fourth-order valence-corrected chi connectivity index (χ4v) is 2.59. The van der Waals surface area contributed by atoms with Gasteiger partial charge in [-0.1, -0.05) is 27.5 Å². The van der Waals surface area contributed by atoms with Gasteiger partial charge in [0.2, 0.25) is 0 Å². The van der Waals surface area contributed by atoms with E-state index >= 15 is 0 Å². The molecule has 1 aromatic heterocycles. The molecule has 0 saturated carbocycles. The summed E-state index contributed by atoms with van der Waals surface area (Å²) in [4.78, 5) is 17.9. The SMILES string of the molecule is CN(Cc1ccncc1)C(=O)c1cc(Cl)cc(Br)c1. The number of hydrogen-bond acceptors (Lipinski definition) is 2. The normalized spacial score (nSPS) is 10.3. The highest BCUT2D eigenvalue weighted by Crippen LogP contribution is 2.20. The van der Waals surface area contributed by atoms with Crippen LogP contribution in [0.1, 0.15) is 15.9 Å². The molecule has 5 heteroatoms. The van der Waals surface area contributed by atoms with Gasteiger partial charge in [-0.25, -0.2) is 0 Å². The van der Waals surface area contributed by atoms with Gasteiger partial charge in [0.15, 0.2) is 0 Å². The van der Waals surface area contributed by atoms with E-state index in [4.69, 9.17) is 11.6 Å². The maximum Gasteiger partial charge on any atom is 0.253 e. The first kappa shape index (κ1) is 14.0. The van der Waals surface area contributed by atoms with Crippen LogP contribution in [0.5, 0.6) is 0 Å². The Hall–Kier alpha value is -1.39. The average molecular weight is 340 g/mol. The van der Waals surface area contributed by atoms with Gasteiger partial charge in [0, 0.05) is 41.0 Å². The highest BCUT2D eigenvalue weighted by Gasteiger charge is 2.13. The van der Waals surface area contributed by atoms with Gasteiger partial charge in [-0.05, 0) is 35.9 Å². The van der Waals surface area contributed by atoms with E-state index in [1.54, 1.807) is 42.5 Å². The molecule has 1 aromatic carbocycles. The van der Waals surface area contributed by atoms with Gasteiger partial charge >= 0.3 is 0 Å². The van der Waals surface area contributed by atoms with E-state index in [2.05, 4.69) is 20.9 Å². The van der Waals surface area contributed by atoms with Crippen LogP contribution in [0.2, 0.25) is 5.02 Å². The third kappa shape index (κ3) is 3.78. The lowest BCUT2D eigenvalue weighted by molar-refractivity contribution is 0.0785. The highest BCUT2D eigenvalue weighted by atomic mass is 79.9. The second kappa shape index (κ2) is 6.17. The Bertz CT molecular complexity index is 569. The number of hydrogen-bond donors (Lipinski definition) is 0. The first-order chi connectivity index (χ1) is 9.06. The van der Waals surface area contributed by atoms with Gasteiger partial charge in [-0.3, -0.25) is 9.78 Å². The molecule has 0 radical (unpaired) electrons. The Morgan fingerprint density at radius 1 is 1.32 bits per heavy atom. The lowest BCUT2D eigenvalue weighted by Crippen LogP contribution is -2.26. The van der Waals surface area contributed by atoms with Gasteiger partial charge in [0.1, 0.15) is 0 Å². The number of benzene rings is 1. The third-order valence-electron chi connectivity index (χ3n) is 2.63. The van der Waals surface area contributed by atoms with Gasteiger partial charge in [-0.2, -0.15) is 0 Å². The summed E-state index contributed by atoms with van der Waals surface area (Å²) >= 11 is 9.28. The maximum absolute atomic E-state index is 12.3. The number of pyridine rings is 1. The summed E-state index contributed by atoms with van der Waals surface area (Å²) in [6.45, 7) is 0.533. The first-order valence-electron chi connectivity index (χ1n) is 5.67. The monoisotopic (exact) mass is 338 g/mol. The van der Waals surface area contributed by atoms with Crippen LogP contribution >= 0.6 is 27.5 Å². The summed E-state index contributed by atoms with van der Waals surface area (Å²) in [6.07, 6.45) is 3.42. The third-order valence-corrected chi connectivity index (χ3v) is 3.30. The summed E-state index contributed by atoms with van der Waals surface area (Å²) in [7, 11) is 1.76. The molecule has 1 amide bonds. The second-order valence-corrected chi connectivity index (χ2v) is 5.53. The minimum Gasteiger partial charge on any atom is -0.337 e. The molecule has 2 aromatic rings. The molecule has 0 spiro atoms. The van der Waals surface area contributed by atoms with Crippen LogP contribution in [0.25, 0.3) is 0 Å². The van der Waals surface area contributed by atoms with Crippen LogP contribution in [0.3, 0.4) is 0 Å². The standard InChI is InChI=1S/C14H12BrClN2O/c1-18(9-10-2-4-17-5-3-10)14(19)11-6-12(15)8-13(16)7-11/h2-8H,9H2,1H3. The van der Waals surface area contributed by atoms with Crippen LogP contribution in [0, 0.1) is 0 Å². The highest BCUT2D eigenvalue weighted by molar-refractivity contribution is 9.10. The predicted molar refractivity (Wildman–Crippen MR) is 79.2 cm³/mol. The zero-order valence-corrected chi connectivity index (χ0v) is 12.6. The van der Waals surface area contributed by atoms with E-state index in [0.29, 0.717) is 17.1 Å². The van der Waals surface area contributed by atoms with Crippen molar-refractivity contribution >= 4 is 33.4 Å². The Balaban J connectivity index is 2.15. The molecule has 2 rings (SSSR count). The largest absolute Gasteiger partial charge is 0.337 e. The molecule has 0 N–H and O–H groups in total. The molecule has 0 aliphatic heterocycles. The molecule has 19 heavy (non-hydrogen) atoms. The maximum atomic E-state index is 12.3. The number of halogens is 2. The van der Waals surface area contributed by atoms with E-state index in [-0.39, 0.29) is 5.91 Å². The van der Waals surface area contributed by atoms with E-state index in [9.17, 15) is 4.79 Å². The van der Waals surface area contributed by atoms with Crippen molar-refractivity contribution in [2.24, 2.45) is 0 Å². The zero-order valence-electron chi connectivity index (χ0n) is 10.3. The van der Waals surface area contributed by atoms with Crippen LogP contribution in [0.15, 0.2) is 47.2 Å². The minimum atomic E-state index is -0.0694. The lowest BCUT2D eigenvalue weighted by atomic mass is 10.2. The van der Waals surface area contributed by atoms with Gasteiger partial charge in [-0.15, -0.1) is 0 Å². The fourth-order valence-electron chi connectivity index (χ4n) is 1.73. The van der Waals surface area contributed by atoms with Crippen LogP contribution < -0.4 is 0 Å². The van der Waals surface area contributed by atoms with Crippen molar-refractivity contribution in [3.8, 4) is 0 Å². The molecule has 0 unspecified atom stereocenters. The molecule has 0 atom stereocenters. The molecular weight excluding hydrogens is 328 g/mol. The summed E-state index contributed by atoms with van der Waals surface area (Å²) in [5.41, 5.74) is 1.60. The molecule has 0 saturated heterocycles. The number of amides is 1. The van der Waals surface area contributed by atoms with Crippen LogP contribution in [0.4, 0.5) is 0 Å². The molecule has 98 valence electrons. The molecule has 0 fully saturated rings.